The number of nitrogen functional groups attached to an aromatic ring is 2. The standard InChI is InChI=1S/C12H12ClIN2/c13-14(9-1-5-11(15)6-2-9)10-3-7-12(16)8-4-10/h1-8H,15-16H2. The average Bonchev–Trinajstić information content (AvgIpc) is 2.30. The van der Waals surface area contributed by atoms with Crippen LogP contribution in [-0.4, -0.2) is 0 Å². The van der Waals surface area contributed by atoms with E-state index in [-0.39, 0.29) is 0 Å². The molecule has 0 saturated heterocycles. The second-order valence-corrected chi connectivity index (χ2v) is 9.10. The van der Waals surface area contributed by atoms with Crippen molar-refractivity contribution in [2.45, 2.75) is 0 Å². The summed E-state index contributed by atoms with van der Waals surface area (Å²) in [5, 5.41) is 0. The summed E-state index contributed by atoms with van der Waals surface area (Å²) < 4.78 is 2.37. The summed E-state index contributed by atoms with van der Waals surface area (Å²) >= 11 is -1.78. The molecule has 0 bridgehead atoms. The molecule has 0 spiro atoms. The summed E-state index contributed by atoms with van der Waals surface area (Å²) in [4.78, 5) is 0. The van der Waals surface area contributed by atoms with Crippen LogP contribution >= 0.6 is 27.6 Å². The molecule has 0 saturated carbocycles. The molecule has 4 N–H and O–H groups in total. The van der Waals surface area contributed by atoms with E-state index in [2.05, 4.69) is 0 Å². The predicted molar refractivity (Wildman–Crippen MR) is 79.0 cm³/mol. The second-order valence-electron chi connectivity index (χ2n) is 3.34. The molecule has 84 valence electrons. The summed E-state index contributed by atoms with van der Waals surface area (Å²) in [5.74, 6) is 0. The third kappa shape index (κ3) is 2.59. The van der Waals surface area contributed by atoms with Crippen molar-refractivity contribution >= 4 is 39.0 Å². The van der Waals surface area contributed by atoms with Crippen molar-refractivity contribution in [1.82, 2.24) is 0 Å². The van der Waals surface area contributed by atoms with Crippen LogP contribution in [0, 0.1) is 7.14 Å². The van der Waals surface area contributed by atoms with Crippen LogP contribution in [0.25, 0.3) is 0 Å². The summed E-state index contributed by atoms with van der Waals surface area (Å²) in [5.41, 5.74) is 12.8. The Hall–Kier alpha value is -0.940. The van der Waals surface area contributed by atoms with Crippen LogP contribution in [0.4, 0.5) is 11.4 Å². The zero-order chi connectivity index (χ0) is 11.5. The Kier molecular flexibility index (Phi) is 3.56. The molecule has 0 aliphatic heterocycles. The average molecular weight is 347 g/mol. The van der Waals surface area contributed by atoms with Gasteiger partial charge < -0.3 is 0 Å². The maximum atomic E-state index is 6.51. The predicted octanol–water partition coefficient (Wildman–Crippen LogP) is 3.55. The van der Waals surface area contributed by atoms with Crippen molar-refractivity contribution in [3.8, 4) is 0 Å². The molecular weight excluding hydrogens is 335 g/mol. The number of rotatable bonds is 2. The van der Waals surface area contributed by atoms with Gasteiger partial charge in [0.2, 0.25) is 0 Å². The van der Waals surface area contributed by atoms with Gasteiger partial charge in [0, 0.05) is 0 Å². The summed E-state index contributed by atoms with van der Waals surface area (Å²) in [6.07, 6.45) is 0. The zero-order valence-electron chi connectivity index (χ0n) is 8.53. The van der Waals surface area contributed by atoms with Crippen molar-refractivity contribution in [1.29, 1.82) is 0 Å². The van der Waals surface area contributed by atoms with Crippen LogP contribution in [0.3, 0.4) is 0 Å². The number of hydrogen-bond acceptors (Lipinski definition) is 2. The minimum absolute atomic E-state index is 0.766. The van der Waals surface area contributed by atoms with E-state index in [1.165, 1.54) is 7.14 Å². The van der Waals surface area contributed by atoms with Crippen LogP contribution < -0.4 is 11.5 Å². The van der Waals surface area contributed by atoms with Crippen LogP contribution in [0.1, 0.15) is 0 Å². The Labute approximate surface area is 106 Å². The Morgan fingerprint density at radius 2 is 1.00 bits per heavy atom. The number of benzene rings is 2. The molecule has 0 radical (unpaired) electrons. The fourth-order valence-corrected chi connectivity index (χ4v) is 5.25. The number of nitrogens with two attached hydrogens (primary N) is 2. The van der Waals surface area contributed by atoms with Gasteiger partial charge in [-0.1, -0.05) is 0 Å². The molecule has 2 aromatic carbocycles. The van der Waals surface area contributed by atoms with Crippen LogP contribution in [-0.2, 0) is 0 Å². The second kappa shape index (κ2) is 4.93. The van der Waals surface area contributed by atoms with Gasteiger partial charge in [0.1, 0.15) is 0 Å². The van der Waals surface area contributed by atoms with Gasteiger partial charge in [-0.25, -0.2) is 0 Å². The van der Waals surface area contributed by atoms with Crippen LogP contribution in [0.15, 0.2) is 48.5 Å². The zero-order valence-corrected chi connectivity index (χ0v) is 11.4. The molecule has 0 fully saturated rings. The molecule has 4 heteroatoms. The van der Waals surface area contributed by atoms with Gasteiger partial charge in [0.25, 0.3) is 0 Å². The molecule has 2 nitrogen and oxygen atoms in total. The first kappa shape index (κ1) is 11.5. The van der Waals surface area contributed by atoms with Gasteiger partial charge in [-0.3, -0.25) is 0 Å². The van der Waals surface area contributed by atoms with E-state index in [0.29, 0.717) is 0 Å². The normalized spacial score (nSPS) is 11.2. The Morgan fingerprint density at radius 1 is 0.688 bits per heavy atom. The van der Waals surface area contributed by atoms with Gasteiger partial charge >= 0.3 is 106 Å². The van der Waals surface area contributed by atoms with E-state index in [1.807, 2.05) is 48.5 Å². The molecular formula is C12H12ClIN2. The fourth-order valence-electron chi connectivity index (χ4n) is 1.27. The number of anilines is 2. The van der Waals surface area contributed by atoms with Crippen molar-refractivity contribution in [2.75, 3.05) is 11.5 Å². The van der Waals surface area contributed by atoms with E-state index < -0.39 is 18.7 Å². The van der Waals surface area contributed by atoms with Gasteiger partial charge in [-0.05, 0) is 0 Å². The molecule has 0 atom stereocenters. The molecule has 0 amide bonds. The Bertz CT molecular complexity index is 422. The molecule has 2 rings (SSSR count). The van der Waals surface area contributed by atoms with Crippen molar-refractivity contribution in [2.24, 2.45) is 0 Å². The van der Waals surface area contributed by atoms with Gasteiger partial charge in [0.05, 0.1) is 0 Å². The quantitative estimate of drug-likeness (QED) is 0.645. The number of halogens is 2. The molecule has 16 heavy (non-hydrogen) atoms. The fraction of sp³-hybridized carbons (Fsp3) is 0. The first-order chi connectivity index (χ1) is 7.66. The minimum atomic E-state index is -1.78. The molecule has 0 aromatic heterocycles. The first-order valence-electron chi connectivity index (χ1n) is 4.74. The number of hydrogen-bond donors (Lipinski definition) is 2. The van der Waals surface area contributed by atoms with Crippen molar-refractivity contribution < 1.29 is 0 Å². The third-order valence-electron chi connectivity index (χ3n) is 2.12. The van der Waals surface area contributed by atoms with Crippen molar-refractivity contribution in [3.63, 3.8) is 0 Å². The van der Waals surface area contributed by atoms with E-state index in [4.69, 9.17) is 20.4 Å². The third-order valence-corrected chi connectivity index (χ3v) is 7.96. The molecule has 0 heterocycles. The Morgan fingerprint density at radius 3 is 1.31 bits per heavy atom. The Balaban J connectivity index is 2.28. The van der Waals surface area contributed by atoms with E-state index in [1.54, 1.807) is 0 Å². The molecule has 0 aliphatic carbocycles. The maximum absolute atomic E-state index is 6.51. The van der Waals surface area contributed by atoms with Gasteiger partial charge in [-0.2, -0.15) is 0 Å². The van der Waals surface area contributed by atoms with Gasteiger partial charge in [0.15, 0.2) is 0 Å². The van der Waals surface area contributed by atoms with Gasteiger partial charge in [-0.15, -0.1) is 0 Å². The molecule has 0 aliphatic rings. The van der Waals surface area contributed by atoms with E-state index in [0.717, 1.165) is 11.4 Å². The van der Waals surface area contributed by atoms with E-state index >= 15 is 0 Å². The van der Waals surface area contributed by atoms with Crippen LogP contribution in [0.5, 0.6) is 0 Å². The topological polar surface area (TPSA) is 52.0 Å². The first-order valence-corrected chi connectivity index (χ1v) is 9.63. The van der Waals surface area contributed by atoms with Crippen molar-refractivity contribution in [3.05, 3.63) is 55.7 Å². The molecule has 2 aromatic rings. The summed E-state index contributed by atoms with van der Waals surface area (Å²) in [6, 6.07) is 15.6. The summed E-state index contributed by atoms with van der Waals surface area (Å²) in [7, 11) is 6.51. The summed E-state index contributed by atoms with van der Waals surface area (Å²) in [6.45, 7) is 0. The van der Waals surface area contributed by atoms with E-state index in [9.17, 15) is 0 Å². The van der Waals surface area contributed by atoms with Crippen LogP contribution in [0.2, 0.25) is 0 Å². The molecule has 0 unspecified atom stereocenters. The SMILES string of the molecule is Nc1ccc(I(Cl)c2ccc(N)cc2)cc1. The monoisotopic (exact) mass is 346 g/mol.